The quantitative estimate of drug-likeness (QED) is 0.514. The Labute approximate surface area is 117 Å². The van der Waals surface area contributed by atoms with E-state index in [1.807, 2.05) is 3.81 Å². The minimum absolute atomic E-state index is 0.0649. The zero-order valence-electron chi connectivity index (χ0n) is 10.6. The van der Waals surface area contributed by atoms with Gasteiger partial charge in [0.1, 0.15) is 4.90 Å². The molecule has 8 heteroatoms. The molecule has 0 bridgehead atoms. The summed E-state index contributed by atoms with van der Waals surface area (Å²) in [6, 6.07) is 5.45. The van der Waals surface area contributed by atoms with E-state index in [0.717, 1.165) is 0 Å². The molecule has 1 aromatic carbocycles. The Morgan fingerprint density at radius 1 is 1.37 bits per heavy atom. The maximum atomic E-state index is 11.9. The minimum Gasteiger partial charge on any atom is -0.450 e. The van der Waals surface area contributed by atoms with E-state index < -0.39 is 16.2 Å². The molecule has 1 rings (SSSR count). The Hall–Kier alpha value is -1.31. The van der Waals surface area contributed by atoms with E-state index in [1.54, 1.807) is 6.92 Å². The van der Waals surface area contributed by atoms with Crippen LogP contribution >= 0.6 is 11.6 Å². The molecule has 0 saturated carbocycles. The molecule has 0 spiro atoms. The van der Waals surface area contributed by atoms with Crippen LogP contribution < -0.4 is 5.32 Å². The van der Waals surface area contributed by atoms with Crippen LogP contribution in [0.3, 0.4) is 0 Å². The second-order valence-electron chi connectivity index (χ2n) is 3.51. The van der Waals surface area contributed by atoms with Crippen LogP contribution in [-0.4, -0.2) is 34.3 Å². The van der Waals surface area contributed by atoms with Gasteiger partial charge in [0, 0.05) is 5.69 Å². The smallest absolute Gasteiger partial charge is 0.412 e. The van der Waals surface area contributed by atoms with E-state index in [4.69, 9.17) is 16.3 Å². The molecular weight excluding hydrogens is 294 g/mol. The summed E-state index contributed by atoms with van der Waals surface area (Å²) >= 11 is 5.46. The first-order chi connectivity index (χ1) is 8.91. The minimum atomic E-state index is -3.67. The summed E-state index contributed by atoms with van der Waals surface area (Å²) in [5.74, 6) is 0. The molecule has 6 nitrogen and oxygen atoms in total. The van der Waals surface area contributed by atoms with Gasteiger partial charge in [0.2, 0.25) is 6.07 Å². The molecule has 1 N–H and O–H groups in total. The second-order valence-corrected chi connectivity index (χ2v) is 5.67. The molecule has 106 valence electrons. The van der Waals surface area contributed by atoms with Gasteiger partial charge in [-0.1, -0.05) is 0 Å². The fourth-order valence-corrected chi connectivity index (χ4v) is 2.48. The van der Waals surface area contributed by atoms with Crippen LogP contribution in [-0.2, 0) is 18.7 Å². The maximum absolute atomic E-state index is 11.9. The molecule has 0 fully saturated rings. The summed E-state index contributed by atoms with van der Waals surface area (Å²) in [6.45, 7) is 1.95. The SMILES string of the molecule is CCOC(=O)Nc1ccc(S(=O)(=O)[O+](C)CCl)cc1. The van der Waals surface area contributed by atoms with Crippen molar-refractivity contribution in [1.29, 1.82) is 0 Å². The highest BCUT2D eigenvalue weighted by atomic mass is 35.5. The van der Waals surface area contributed by atoms with Gasteiger partial charge in [-0.25, -0.2) is 4.79 Å². The van der Waals surface area contributed by atoms with Gasteiger partial charge in [-0.2, -0.15) is 0 Å². The lowest BCUT2D eigenvalue weighted by Crippen LogP contribution is -2.18. The number of alkyl halides is 1. The lowest BCUT2D eigenvalue weighted by molar-refractivity contribution is 0.112. The van der Waals surface area contributed by atoms with Crippen LogP contribution in [0.1, 0.15) is 6.92 Å². The van der Waals surface area contributed by atoms with Crippen LogP contribution in [0.25, 0.3) is 0 Å². The maximum Gasteiger partial charge on any atom is 0.412 e. The summed E-state index contributed by atoms with van der Waals surface area (Å²) in [4.78, 5) is 11.2. The number of carbonyl (C=O) groups excluding carboxylic acids is 1. The van der Waals surface area contributed by atoms with E-state index in [2.05, 4.69) is 5.32 Å². The van der Waals surface area contributed by atoms with Gasteiger partial charge >= 0.3 is 16.2 Å². The number of halogens is 1. The van der Waals surface area contributed by atoms with Crippen molar-refractivity contribution in [1.82, 2.24) is 0 Å². The molecule has 0 radical (unpaired) electrons. The highest BCUT2D eigenvalue weighted by Crippen LogP contribution is 2.20. The lowest BCUT2D eigenvalue weighted by atomic mass is 10.3. The van der Waals surface area contributed by atoms with Gasteiger partial charge in [0.15, 0.2) is 7.11 Å². The van der Waals surface area contributed by atoms with Gasteiger partial charge in [-0.05, 0) is 42.8 Å². The normalized spacial score (nSPS) is 11.4. The molecule has 0 unspecified atom stereocenters. The molecule has 19 heavy (non-hydrogen) atoms. The Kier molecular flexibility index (Phi) is 5.59. The monoisotopic (exact) mass is 308 g/mol. The van der Waals surface area contributed by atoms with Crippen LogP contribution in [0.15, 0.2) is 29.2 Å². The third-order valence-corrected chi connectivity index (χ3v) is 4.37. The van der Waals surface area contributed by atoms with Gasteiger partial charge < -0.3 is 4.74 Å². The molecule has 0 aromatic heterocycles. The summed E-state index contributed by atoms with van der Waals surface area (Å²) < 4.78 is 30.3. The number of hydrogen-bond acceptors (Lipinski definition) is 4. The molecule has 1 aromatic rings. The molecule has 0 aliphatic rings. The van der Waals surface area contributed by atoms with E-state index in [0.29, 0.717) is 5.69 Å². The van der Waals surface area contributed by atoms with Crippen molar-refractivity contribution >= 4 is 33.5 Å². The van der Waals surface area contributed by atoms with E-state index in [9.17, 15) is 13.2 Å². The molecule has 0 aliphatic heterocycles. The van der Waals surface area contributed by atoms with Crippen molar-refractivity contribution in [3.05, 3.63) is 24.3 Å². The van der Waals surface area contributed by atoms with Gasteiger partial charge in [-0.3, -0.25) is 9.13 Å². The average molecular weight is 309 g/mol. The molecule has 0 saturated heterocycles. The molecule has 0 aliphatic carbocycles. The number of rotatable bonds is 5. The highest BCUT2D eigenvalue weighted by Gasteiger charge is 2.26. The second kappa shape index (κ2) is 6.74. The average Bonchev–Trinajstić information content (AvgIpc) is 2.38. The van der Waals surface area contributed by atoms with Gasteiger partial charge in [-0.15, -0.1) is 8.42 Å². The number of hydrogen-bond donors (Lipinski definition) is 1. The first kappa shape index (κ1) is 15.7. The standard InChI is InChI=1S/C11H14ClNO5S/c1-3-17-11(14)13-9-4-6-10(7-5-9)19(15,16)18(2)8-12/h4-7H,3,8H2,1-2H3/p+1. The van der Waals surface area contributed by atoms with Crippen LogP contribution in [0.2, 0.25) is 0 Å². The molecule has 1 amide bonds. The number of ether oxygens (including phenoxy) is 1. The van der Waals surface area contributed by atoms with E-state index >= 15 is 0 Å². The largest absolute Gasteiger partial charge is 0.450 e. The van der Waals surface area contributed by atoms with Crippen molar-refractivity contribution in [2.24, 2.45) is 0 Å². The molecule has 0 heterocycles. The zero-order chi connectivity index (χ0) is 14.5. The Morgan fingerprint density at radius 3 is 2.42 bits per heavy atom. The van der Waals surface area contributed by atoms with E-state index in [1.165, 1.54) is 31.4 Å². The predicted molar refractivity (Wildman–Crippen MR) is 72.0 cm³/mol. The van der Waals surface area contributed by atoms with Crippen molar-refractivity contribution in [3.63, 3.8) is 0 Å². The third kappa shape index (κ3) is 4.09. The summed E-state index contributed by atoms with van der Waals surface area (Å²) in [6.07, 6.45) is -0.592. The Bertz CT molecular complexity index is 529. The molecule has 0 atom stereocenters. The first-order valence-corrected chi connectivity index (χ1v) is 7.34. The zero-order valence-corrected chi connectivity index (χ0v) is 12.1. The lowest BCUT2D eigenvalue weighted by Gasteiger charge is -2.10. The fourth-order valence-electron chi connectivity index (χ4n) is 1.21. The Balaban J connectivity index is 2.85. The van der Waals surface area contributed by atoms with E-state index in [-0.39, 0.29) is 17.6 Å². The number of anilines is 1. The van der Waals surface area contributed by atoms with Gasteiger partial charge in [0.25, 0.3) is 0 Å². The van der Waals surface area contributed by atoms with Crippen LogP contribution in [0.4, 0.5) is 10.5 Å². The van der Waals surface area contributed by atoms with Crippen molar-refractivity contribution < 1.29 is 21.8 Å². The summed E-state index contributed by atoms with van der Waals surface area (Å²) in [5.41, 5.74) is 0.441. The van der Waals surface area contributed by atoms with Crippen molar-refractivity contribution in [2.45, 2.75) is 11.8 Å². The first-order valence-electron chi connectivity index (χ1n) is 5.39. The number of nitrogens with one attached hydrogen (secondary N) is 1. The fraction of sp³-hybridized carbons (Fsp3) is 0.364. The van der Waals surface area contributed by atoms with Crippen molar-refractivity contribution in [2.75, 3.05) is 25.1 Å². The number of amides is 1. The highest BCUT2D eigenvalue weighted by molar-refractivity contribution is 7.87. The van der Waals surface area contributed by atoms with Crippen LogP contribution in [0.5, 0.6) is 0 Å². The van der Waals surface area contributed by atoms with Crippen LogP contribution in [0, 0.1) is 0 Å². The summed E-state index contributed by atoms with van der Waals surface area (Å²) in [5, 5.41) is 2.46. The number of carbonyl (C=O) groups is 1. The number of benzene rings is 1. The third-order valence-electron chi connectivity index (χ3n) is 2.19. The topological polar surface area (TPSA) is 75.2 Å². The Morgan fingerprint density at radius 2 is 1.95 bits per heavy atom. The van der Waals surface area contributed by atoms with Gasteiger partial charge in [0.05, 0.1) is 6.61 Å². The summed E-state index contributed by atoms with van der Waals surface area (Å²) in [7, 11) is -2.37. The van der Waals surface area contributed by atoms with Crippen molar-refractivity contribution in [3.8, 4) is 0 Å². The predicted octanol–water partition coefficient (Wildman–Crippen LogP) is 2.32. The molecular formula is C11H15ClNO5S+.